The number of nitrogens with zero attached hydrogens (tertiary/aromatic N) is 2. The molecule has 0 bridgehead atoms. The van der Waals surface area contributed by atoms with E-state index in [1.807, 2.05) is 42.5 Å². The van der Waals surface area contributed by atoms with Gasteiger partial charge < -0.3 is 4.74 Å². The molecule has 4 nitrogen and oxygen atoms in total. The zero-order chi connectivity index (χ0) is 14.9. The first-order valence-corrected chi connectivity index (χ1v) is 6.99. The molecule has 0 atom stereocenters. The van der Waals surface area contributed by atoms with Gasteiger partial charge in [-0.1, -0.05) is 18.2 Å². The molecule has 2 heterocycles. The number of carbonyl (C=O) groups is 1. The van der Waals surface area contributed by atoms with E-state index in [0.717, 1.165) is 27.7 Å². The minimum Gasteiger partial charge on any atom is -0.457 e. The maximum Gasteiger partial charge on any atom is 0.338 e. The van der Waals surface area contributed by atoms with Crippen molar-refractivity contribution in [1.29, 1.82) is 0 Å². The fourth-order valence-electron chi connectivity index (χ4n) is 2.57. The van der Waals surface area contributed by atoms with Crippen molar-refractivity contribution < 1.29 is 9.53 Å². The summed E-state index contributed by atoms with van der Waals surface area (Å²) < 4.78 is 5.05. The van der Waals surface area contributed by atoms with E-state index in [9.17, 15) is 4.79 Å². The summed E-state index contributed by atoms with van der Waals surface area (Å²) >= 11 is 0. The monoisotopic (exact) mass is 288 g/mol. The number of pyridine rings is 1. The lowest BCUT2D eigenvalue weighted by molar-refractivity contribution is 0.0535. The van der Waals surface area contributed by atoms with Gasteiger partial charge in [-0.3, -0.25) is 9.98 Å². The van der Waals surface area contributed by atoms with E-state index in [1.54, 1.807) is 18.5 Å². The Morgan fingerprint density at radius 1 is 1.14 bits per heavy atom. The van der Waals surface area contributed by atoms with Crippen LogP contribution in [0.4, 0.5) is 5.69 Å². The maximum atomic E-state index is 11.6. The SMILES string of the molecule is O=C1OCc2c(N=Cc3ccc4ncccc4c3)cccc21. The zero-order valence-electron chi connectivity index (χ0n) is 11.7. The summed E-state index contributed by atoms with van der Waals surface area (Å²) in [5, 5.41) is 1.07. The highest BCUT2D eigenvalue weighted by atomic mass is 16.5. The lowest BCUT2D eigenvalue weighted by atomic mass is 10.1. The van der Waals surface area contributed by atoms with Crippen LogP contribution in [-0.4, -0.2) is 17.2 Å². The van der Waals surface area contributed by atoms with Crippen LogP contribution >= 0.6 is 0 Å². The molecule has 1 aromatic heterocycles. The highest BCUT2D eigenvalue weighted by molar-refractivity contribution is 5.96. The lowest BCUT2D eigenvalue weighted by Gasteiger charge is -2.01. The Balaban J connectivity index is 1.71. The van der Waals surface area contributed by atoms with Crippen molar-refractivity contribution in [2.45, 2.75) is 6.61 Å². The van der Waals surface area contributed by atoms with Crippen molar-refractivity contribution in [2.75, 3.05) is 0 Å². The minimum atomic E-state index is -0.274. The molecule has 0 radical (unpaired) electrons. The summed E-state index contributed by atoms with van der Waals surface area (Å²) in [4.78, 5) is 20.4. The predicted molar refractivity (Wildman–Crippen MR) is 84.6 cm³/mol. The Bertz CT molecular complexity index is 916. The Morgan fingerprint density at radius 3 is 3.05 bits per heavy atom. The number of ether oxygens (including phenoxy) is 1. The van der Waals surface area contributed by atoms with Crippen molar-refractivity contribution in [3.63, 3.8) is 0 Å². The first kappa shape index (κ1) is 12.7. The molecule has 0 fully saturated rings. The van der Waals surface area contributed by atoms with Gasteiger partial charge in [0.25, 0.3) is 0 Å². The third-order valence-corrected chi connectivity index (χ3v) is 3.70. The fraction of sp³-hybridized carbons (Fsp3) is 0.0556. The second kappa shape index (κ2) is 5.07. The highest BCUT2D eigenvalue weighted by Gasteiger charge is 2.23. The van der Waals surface area contributed by atoms with Gasteiger partial charge in [0.05, 0.1) is 16.8 Å². The number of aliphatic imine (C=N–C) groups is 1. The second-order valence-corrected chi connectivity index (χ2v) is 5.09. The van der Waals surface area contributed by atoms with Gasteiger partial charge in [0.2, 0.25) is 0 Å². The van der Waals surface area contributed by atoms with Crippen molar-refractivity contribution in [2.24, 2.45) is 4.99 Å². The van der Waals surface area contributed by atoms with Gasteiger partial charge in [-0.2, -0.15) is 0 Å². The molecule has 2 aromatic carbocycles. The summed E-state index contributed by atoms with van der Waals surface area (Å²) in [6, 6.07) is 15.4. The first-order valence-electron chi connectivity index (χ1n) is 6.99. The number of hydrogen-bond donors (Lipinski definition) is 0. The summed E-state index contributed by atoms with van der Waals surface area (Å²) in [7, 11) is 0. The number of esters is 1. The van der Waals surface area contributed by atoms with Crippen LogP contribution in [0.15, 0.2) is 59.7 Å². The Morgan fingerprint density at radius 2 is 2.09 bits per heavy atom. The van der Waals surface area contributed by atoms with Crippen molar-refractivity contribution in [3.05, 3.63) is 71.4 Å². The molecule has 0 N–H and O–H groups in total. The number of fused-ring (bicyclic) bond motifs is 2. The molecule has 0 spiro atoms. The van der Waals surface area contributed by atoms with Crippen LogP contribution in [0.3, 0.4) is 0 Å². The fourth-order valence-corrected chi connectivity index (χ4v) is 2.57. The number of rotatable bonds is 2. The molecule has 1 aliphatic heterocycles. The largest absolute Gasteiger partial charge is 0.457 e. The molecule has 22 heavy (non-hydrogen) atoms. The number of benzene rings is 2. The normalized spacial score (nSPS) is 13.5. The van der Waals surface area contributed by atoms with Crippen molar-refractivity contribution in [1.82, 2.24) is 4.98 Å². The van der Waals surface area contributed by atoms with Gasteiger partial charge in [0, 0.05) is 23.4 Å². The van der Waals surface area contributed by atoms with E-state index in [4.69, 9.17) is 4.74 Å². The van der Waals surface area contributed by atoms with E-state index in [0.29, 0.717) is 12.2 Å². The van der Waals surface area contributed by atoms with Crippen LogP contribution in [0.5, 0.6) is 0 Å². The number of aromatic nitrogens is 1. The molecule has 0 unspecified atom stereocenters. The quantitative estimate of drug-likeness (QED) is 0.534. The molecule has 3 aromatic rings. The van der Waals surface area contributed by atoms with E-state index in [1.165, 1.54) is 0 Å². The molecule has 106 valence electrons. The molecular weight excluding hydrogens is 276 g/mol. The zero-order valence-corrected chi connectivity index (χ0v) is 11.7. The Hall–Kier alpha value is -3.01. The van der Waals surface area contributed by atoms with Gasteiger partial charge in [-0.25, -0.2) is 4.79 Å². The van der Waals surface area contributed by atoms with Crippen LogP contribution in [0.1, 0.15) is 21.5 Å². The Kier molecular flexibility index (Phi) is 2.93. The lowest BCUT2D eigenvalue weighted by Crippen LogP contribution is -1.92. The average Bonchev–Trinajstić information content (AvgIpc) is 2.95. The number of cyclic esters (lactones) is 1. The van der Waals surface area contributed by atoms with Gasteiger partial charge >= 0.3 is 5.97 Å². The van der Waals surface area contributed by atoms with Crippen LogP contribution < -0.4 is 0 Å². The van der Waals surface area contributed by atoms with Crippen molar-refractivity contribution in [3.8, 4) is 0 Å². The average molecular weight is 288 g/mol. The Labute approximate surface area is 127 Å². The van der Waals surface area contributed by atoms with Crippen LogP contribution in [0.2, 0.25) is 0 Å². The molecule has 0 amide bonds. The summed E-state index contributed by atoms with van der Waals surface area (Å²) in [6.07, 6.45) is 3.57. The van der Waals surface area contributed by atoms with Gasteiger partial charge in [-0.05, 0) is 35.9 Å². The molecule has 4 heteroatoms. The summed E-state index contributed by atoms with van der Waals surface area (Å²) in [6.45, 7) is 0.295. The van der Waals surface area contributed by atoms with E-state index >= 15 is 0 Å². The predicted octanol–water partition coefficient (Wildman–Crippen LogP) is 3.66. The summed E-state index contributed by atoms with van der Waals surface area (Å²) in [5.41, 5.74) is 4.18. The number of carbonyl (C=O) groups excluding carboxylic acids is 1. The first-order chi connectivity index (χ1) is 10.8. The highest BCUT2D eigenvalue weighted by Crippen LogP contribution is 2.29. The van der Waals surface area contributed by atoms with E-state index in [-0.39, 0.29) is 5.97 Å². The topological polar surface area (TPSA) is 51.5 Å². The third-order valence-electron chi connectivity index (χ3n) is 3.70. The van der Waals surface area contributed by atoms with Crippen molar-refractivity contribution >= 4 is 28.8 Å². The summed E-state index contributed by atoms with van der Waals surface area (Å²) in [5.74, 6) is -0.274. The van der Waals surface area contributed by atoms with Gasteiger partial charge in [-0.15, -0.1) is 0 Å². The van der Waals surface area contributed by atoms with Gasteiger partial charge in [0.1, 0.15) is 6.61 Å². The molecule has 0 saturated heterocycles. The number of hydrogen-bond acceptors (Lipinski definition) is 4. The molecule has 0 saturated carbocycles. The molecule has 1 aliphatic rings. The smallest absolute Gasteiger partial charge is 0.338 e. The van der Waals surface area contributed by atoms with Crippen LogP contribution in [-0.2, 0) is 11.3 Å². The second-order valence-electron chi connectivity index (χ2n) is 5.09. The maximum absolute atomic E-state index is 11.6. The van der Waals surface area contributed by atoms with Gasteiger partial charge in [0.15, 0.2) is 0 Å². The molecular formula is C18H12N2O2. The minimum absolute atomic E-state index is 0.274. The van der Waals surface area contributed by atoms with Crippen LogP contribution in [0, 0.1) is 0 Å². The molecule has 0 aliphatic carbocycles. The van der Waals surface area contributed by atoms with Crippen LogP contribution in [0.25, 0.3) is 10.9 Å². The van der Waals surface area contributed by atoms with E-state index in [2.05, 4.69) is 9.98 Å². The molecule has 4 rings (SSSR count). The third kappa shape index (κ3) is 2.15. The van der Waals surface area contributed by atoms with E-state index < -0.39 is 0 Å². The standard InChI is InChI=1S/C18H12N2O2/c21-18-14-4-1-5-17(15(14)11-22-18)20-10-12-6-7-16-13(9-12)3-2-8-19-16/h1-10H,11H2.